The van der Waals surface area contributed by atoms with E-state index in [9.17, 15) is 9.00 Å². The van der Waals surface area contributed by atoms with Gasteiger partial charge in [0.05, 0.1) is 24.3 Å². The standard InChI is InChI=1S/C10H12O3S/c1-13-10(11)7-8-5-3-4-6-9(8)14(2)12/h3-6H,7H2,1-2H3. The SMILES string of the molecule is COC(=O)Cc1ccccc1S(C)=O. The summed E-state index contributed by atoms with van der Waals surface area (Å²) in [4.78, 5) is 11.7. The van der Waals surface area contributed by atoms with Crippen LogP contribution in [-0.2, 0) is 26.8 Å². The van der Waals surface area contributed by atoms with Gasteiger partial charge in [0.15, 0.2) is 0 Å². The van der Waals surface area contributed by atoms with Crippen molar-refractivity contribution in [2.45, 2.75) is 11.3 Å². The van der Waals surface area contributed by atoms with E-state index in [2.05, 4.69) is 4.74 Å². The largest absolute Gasteiger partial charge is 0.469 e. The van der Waals surface area contributed by atoms with Crippen molar-refractivity contribution in [2.24, 2.45) is 0 Å². The maximum Gasteiger partial charge on any atom is 0.310 e. The van der Waals surface area contributed by atoms with Gasteiger partial charge in [0.1, 0.15) is 0 Å². The summed E-state index contributed by atoms with van der Waals surface area (Å²) in [5, 5.41) is 0. The molecule has 1 rings (SSSR count). The third-order valence-electron chi connectivity index (χ3n) is 1.84. The summed E-state index contributed by atoms with van der Waals surface area (Å²) in [6.45, 7) is 0. The summed E-state index contributed by atoms with van der Waals surface area (Å²) in [6, 6.07) is 7.16. The van der Waals surface area contributed by atoms with E-state index in [1.54, 1.807) is 24.5 Å². The van der Waals surface area contributed by atoms with Crippen molar-refractivity contribution in [3.8, 4) is 0 Å². The van der Waals surface area contributed by atoms with Gasteiger partial charge in [-0.2, -0.15) is 0 Å². The van der Waals surface area contributed by atoms with E-state index in [0.29, 0.717) is 4.90 Å². The lowest BCUT2D eigenvalue weighted by Crippen LogP contribution is -2.07. The monoisotopic (exact) mass is 212 g/mol. The second kappa shape index (κ2) is 4.91. The maximum absolute atomic E-state index is 11.3. The van der Waals surface area contributed by atoms with Crippen LogP contribution in [0.1, 0.15) is 5.56 Å². The number of methoxy groups -OCH3 is 1. The molecule has 0 saturated carbocycles. The number of rotatable bonds is 3. The highest BCUT2D eigenvalue weighted by atomic mass is 32.2. The zero-order valence-electron chi connectivity index (χ0n) is 8.15. The Balaban J connectivity index is 2.95. The Hall–Kier alpha value is -1.16. The van der Waals surface area contributed by atoms with Gasteiger partial charge in [0.2, 0.25) is 0 Å². The number of carbonyl (C=O) groups excluding carboxylic acids is 1. The third-order valence-corrected chi connectivity index (χ3v) is 2.86. The number of hydrogen-bond acceptors (Lipinski definition) is 3. The van der Waals surface area contributed by atoms with Gasteiger partial charge in [0.25, 0.3) is 0 Å². The minimum absolute atomic E-state index is 0.173. The Kier molecular flexibility index (Phi) is 3.83. The molecule has 0 amide bonds. The molecule has 0 aliphatic rings. The first-order chi connectivity index (χ1) is 6.65. The molecule has 0 bridgehead atoms. The molecule has 0 fully saturated rings. The summed E-state index contributed by atoms with van der Waals surface area (Å²) in [5.41, 5.74) is 0.764. The first-order valence-corrected chi connectivity index (χ1v) is 5.69. The molecule has 0 aliphatic carbocycles. The average molecular weight is 212 g/mol. The minimum Gasteiger partial charge on any atom is -0.469 e. The predicted molar refractivity (Wildman–Crippen MR) is 54.5 cm³/mol. The Bertz CT molecular complexity index is 360. The Labute approximate surface area is 85.5 Å². The molecule has 0 saturated heterocycles. The molecule has 0 heterocycles. The molecule has 0 spiro atoms. The van der Waals surface area contributed by atoms with Crippen molar-refractivity contribution < 1.29 is 13.7 Å². The molecule has 1 atom stereocenters. The third kappa shape index (κ3) is 2.67. The molecule has 4 heteroatoms. The van der Waals surface area contributed by atoms with Crippen LogP contribution < -0.4 is 0 Å². The molecule has 1 aromatic rings. The van der Waals surface area contributed by atoms with Crippen molar-refractivity contribution in [1.82, 2.24) is 0 Å². The van der Waals surface area contributed by atoms with Gasteiger partial charge in [-0.1, -0.05) is 18.2 Å². The van der Waals surface area contributed by atoms with Crippen molar-refractivity contribution in [3.63, 3.8) is 0 Å². The van der Waals surface area contributed by atoms with Gasteiger partial charge in [0, 0.05) is 11.2 Å². The summed E-state index contributed by atoms with van der Waals surface area (Å²) in [7, 11) is 0.274. The van der Waals surface area contributed by atoms with Gasteiger partial charge < -0.3 is 4.74 Å². The van der Waals surface area contributed by atoms with Gasteiger partial charge in [-0.25, -0.2) is 0 Å². The first-order valence-electron chi connectivity index (χ1n) is 4.13. The lowest BCUT2D eigenvalue weighted by Gasteiger charge is -2.04. The topological polar surface area (TPSA) is 43.4 Å². The van der Waals surface area contributed by atoms with Gasteiger partial charge in [-0.3, -0.25) is 9.00 Å². The van der Waals surface area contributed by atoms with Crippen LogP contribution in [-0.4, -0.2) is 23.5 Å². The molecular formula is C10H12O3S. The van der Waals surface area contributed by atoms with Gasteiger partial charge >= 0.3 is 5.97 Å². The average Bonchev–Trinajstić information content (AvgIpc) is 2.18. The second-order valence-corrected chi connectivity index (χ2v) is 4.16. The van der Waals surface area contributed by atoms with Crippen LogP contribution in [0.4, 0.5) is 0 Å². The van der Waals surface area contributed by atoms with E-state index in [1.165, 1.54) is 7.11 Å². The lowest BCUT2D eigenvalue weighted by molar-refractivity contribution is -0.139. The van der Waals surface area contributed by atoms with E-state index < -0.39 is 10.8 Å². The molecule has 14 heavy (non-hydrogen) atoms. The van der Waals surface area contributed by atoms with Crippen LogP contribution in [0.5, 0.6) is 0 Å². The highest BCUT2D eigenvalue weighted by Crippen LogP contribution is 2.13. The summed E-state index contributed by atoms with van der Waals surface area (Å²) in [6.07, 6.45) is 1.77. The lowest BCUT2D eigenvalue weighted by atomic mass is 10.1. The summed E-state index contributed by atoms with van der Waals surface area (Å²) < 4.78 is 15.8. The smallest absolute Gasteiger partial charge is 0.310 e. The van der Waals surface area contributed by atoms with E-state index in [0.717, 1.165) is 5.56 Å². The van der Waals surface area contributed by atoms with Crippen molar-refractivity contribution in [2.75, 3.05) is 13.4 Å². The Morgan fingerprint density at radius 2 is 2.07 bits per heavy atom. The fraction of sp³-hybridized carbons (Fsp3) is 0.300. The number of esters is 1. The van der Waals surface area contributed by atoms with E-state index in [-0.39, 0.29) is 12.4 Å². The minimum atomic E-state index is -1.07. The fourth-order valence-corrected chi connectivity index (χ4v) is 1.94. The zero-order valence-corrected chi connectivity index (χ0v) is 8.97. The molecule has 0 N–H and O–H groups in total. The first kappa shape index (κ1) is 10.9. The summed E-state index contributed by atoms with van der Waals surface area (Å²) in [5.74, 6) is -0.317. The molecular weight excluding hydrogens is 200 g/mol. The number of hydrogen-bond donors (Lipinski definition) is 0. The highest BCUT2D eigenvalue weighted by molar-refractivity contribution is 7.84. The van der Waals surface area contributed by atoms with E-state index in [1.807, 2.05) is 6.07 Å². The van der Waals surface area contributed by atoms with Crippen molar-refractivity contribution in [3.05, 3.63) is 29.8 Å². The van der Waals surface area contributed by atoms with Gasteiger partial charge in [-0.15, -0.1) is 0 Å². The molecule has 1 aromatic carbocycles. The van der Waals surface area contributed by atoms with Crippen molar-refractivity contribution in [1.29, 1.82) is 0 Å². The quantitative estimate of drug-likeness (QED) is 0.706. The highest BCUT2D eigenvalue weighted by Gasteiger charge is 2.09. The molecule has 0 aromatic heterocycles. The normalized spacial score (nSPS) is 12.1. The predicted octanol–water partition coefficient (Wildman–Crippen LogP) is 1.14. The van der Waals surface area contributed by atoms with Crippen LogP contribution in [0.3, 0.4) is 0 Å². The second-order valence-electron chi connectivity index (χ2n) is 2.81. The van der Waals surface area contributed by atoms with Gasteiger partial charge in [-0.05, 0) is 11.6 Å². The molecule has 1 unspecified atom stereocenters. The molecule has 3 nitrogen and oxygen atoms in total. The number of carbonyl (C=O) groups is 1. The number of benzene rings is 1. The van der Waals surface area contributed by atoms with Crippen LogP contribution in [0.2, 0.25) is 0 Å². The Morgan fingerprint density at radius 1 is 1.43 bits per heavy atom. The van der Waals surface area contributed by atoms with Crippen molar-refractivity contribution >= 4 is 16.8 Å². The van der Waals surface area contributed by atoms with Crippen LogP contribution >= 0.6 is 0 Å². The van der Waals surface area contributed by atoms with Crippen LogP contribution in [0.25, 0.3) is 0 Å². The van der Waals surface area contributed by atoms with E-state index >= 15 is 0 Å². The molecule has 0 aliphatic heterocycles. The summed E-state index contributed by atoms with van der Waals surface area (Å²) >= 11 is 0. The van der Waals surface area contributed by atoms with E-state index in [4.69, 9.17) is 0 Å². The van der Waals surface area contributed by atoms with Crippen LogP contribution in [0, 0.1) is 0 Å². The number of ether oxygens (including phenoxy) is 1. The molecule has 0 radical (unpaired) electrons. The molecule has 76 valence electrons. The maximum atomic E-state index is 11.3. The Morgan fingerprint density at radius 3 is 2.64 bits per heavy atom. The zero-order chi connectivity index (χ0) is 10.6. The van der Waals surface area contributed by atoms with Crippen LogP contribution in [0.15, 0.2) is 29.2 Å². The fourth-order valence-electron chi connectivity index (χ4n) is 1.16.